The molecule has 5 nitrogen and oxygen atoms in total. The molecule has 0 bridgehead atoms. The predicted molar refractivity (Wildman–Crippen MR) is 68.5 cm³/mol. The minimum atomic E-state index is 0.426. The van der Waals surface area contributed by atoms with Crippen LogP contribution < -0.4 is 15.2 Å². The second-order valence-electron chi connectivity index (χ2n) is 3.69. The van der Waals surface area contributed by atoms with E-state index in [0.717, 1.165) is 16.9 Å². The zero-order chi connectivity index (χ0) is 13.0. The minimum absolute atomic E-state index is 0.426. The van der Waals surface area contributed by atoms with Crippen LogP contribution in [0.2, 0.25) is 0 Å². The standard InChI is InChI=1S/C13H15N3O2/c1-17-10-3-4-12(18-2)11(5-10)13-15-7-9(6-14)8-16-13/h3-5,7-8H,6,14H2,1-2H3. The van der Waals surface area contributed by atoms with Crippen LogP contribution in [0.3, 0.4) is 0 Å². The smallest absolute Gasteiger partial charge is 0.163 e. The Morgan fingerprint density at radius 1 is 1.11 bits per heavy atom. The molecule has 1 aromatic heterocycles. The van der Waals surface area contributed by atoms with Crippen LogP contribution in [0, 0.1) is 0 Å². The first-order valence-electron chi connectivity index (χ1n) is 5.52. The number of rotatable bonds is 4. The lowest BCUT2D eigenvalue weighted by Crippen LogP contribution is -2.00. The molecule has 0 aliphatic carbocycles. The van der Waals surface area contributed by atoms with E-state index in [1.54, 1.807) is 26.6 Å². The predicted octanol–water partition coefficient (Wildman–Crippen LogP) is 1.62. The Morgan fingerprint density at radius 3 is 2.39 bits per heavy atom. The molecule has 0 saturated heterocycles. The molecule has 0 radical (unpaired) electrons. The van der Waals surface area contributed by atoms with Gasteiger partial charge in [-0.2, -0.15) is 0 Å². The molecule has 0 unspecified atom stereocenters. The Balaban J connectivity index is 2.46. The average Bonchev–Trinajstić information content (AvgIpc) is 2.46. The number of methoxy groups -OCH3 is 2. The highest BCUT2D eigenvalue weighted by atomic mass is 16.5. The van der Waals surface area contributed by atoms with E-state index in [2.05, 4.69) is 9.97 Å². The van der Waals surface area contributed by atoms with Crippen molar-refractivity contribution in [3.8, 4) is 22.9 Å². The largest absolute Gasteiger partial charge is 0.497 e. The summed E-state index contributed by atoms with van der Waals surface area (Å²) in [6.45, 7) is 0.426. The summed E-state index contributed by atoms with van der Waals surface area (Å²) in [6.07, 6.45) is 3.42. The third-order valence-electron chi connectivity index (χ3n) is 2.59. The summed E-state index contributed by atoms with van der Waals surface area (Å²) in [5.74, 6) is 2.02. The van der Waals surface area contributed by atoms with Crippen molar-refractivity contribution >= 4 is 0 Å². The van der Waals surface area contributed by atoms with Crippen LogP contribution in [0.25, 0.3) is 11.4 Å². The van der Waals surface area contributed by atoms with Gasteiger partial charge in [-0.15, -0.1) is 0 Å². The van der Waals surface area contributed by atoms with Crippen LogP contribution in [0.1, 0.15) is 5.56 Å². The first-order valence-corrected chi connectivity index (χ1v) is 5.52. The second kappa shape index (κ2) is 5.46. The zero-order valence-corrected chi connectivity index (χ0v) is 10.4. The summed E-state index contributed by atoms with van der Waals surface area (Å²) in [5.41, 5.74) is 7.20. The summed E-state index contributed by atoms with van der Waals surface area (Å²) < 4.78 is 10.5. The SMILES string of the molecule is COc1ccc(OC)c(-c2ncc(CN)cn2)c1. The van der Waals surface area contributed by atoms with E-state index in [1.807, 2.05) is 18.2 Å². The van der Waals surface area contributed by atoms with Gasteiger partial charge in [-0.25, -0.2) is 9.97 Å². The van der Waals surface area contributed by atoms with Gasteiger partial charge in [0.2, 0.25) is 0 Å². The Hall–Kier alpha value is -2.14. The van der Waals surface area contributed by atoms with Gasteiger partial charge in [0.05, 0.1) is 19.8 Å². The molecule has 0 aliphatic heterocycles. The van der Waals surface area contributed by atoms with E-state index in [0.29, 0.717) is 18.1 Å². The maximum absolute atomic E-state index is 5.52. The topological polar surface area (TPSA) is 70.3 Å². The van der Waals surface area contributed by atoms with E-state index >= 15 is 0 Å². The van der Waals surface area contributed by atoms with E-state index in [-0.39, 0.29) is 0 Å². The lowest BCUT2D eigenvalue weighted by atomic mass is 10.1. The van der Waals surface area contributed by atoms with Gasteiger partial charge in [-0.1, -0.05) is 0 Å². The fraction of sp³-hybridized carbons (Fsp3) is 0.231. The summed E-state index contributed by atoms with van der Waals surface area (Å²) in [6, 6.07) is 5.50. The molecule has 0 fully saturated rings. The summed E-state index contributed by atoms with van der Waals surface area (Å²) in [4.78, 5) is 8.55. The molecular weight excluding hydrogens is 230 g/mol. The summed E-state index contributed by atoms with van der Waals surface area (Å²) in [5, 5.41) is 0. The van der Waals surface area contributed by atoms with Gasteiger partial charge < -0.3 is 15.2 Å². The average molecular weight is 245 g/mol. The monoisotopic (exact) mass is 245 g/mol. The number of nitrogens with two attached hydrogens (primary N) is 1. The zero-order valence-electron chi connectivity index (χ0n) is 10.4. The third-order valence-corrected chi connectivity index (χ3v) is 2.59. The van der Waals surface area contributed by atoms with Crippen LogP contribution in [0.15, 0.2) is 30.6 Å². The number of nitrogens with zero attached hydrogens (tertiary/aromatic N) is 2. The number of ether oxygens (including phenoxy) is 2. The lowest BCUT2D eigenvalue weighted by molar-refractivity contribution is 0.404. The van der Waals surface area contributed by atoms with Crippen molar-refractivity contribution in [2.24, 2.45) is 5.73 Å². The maximum atomic E-state index is 5.52. The quantitative estimate of drug-likeness (QED) is 0.886. The molecule has 0 amide bonds. The van der Waals surface area contributed by atoms with E-state index in [4.69, 9.17) is 15.2 Å². The molecule has 0 aliphatic rings. The van der Waals surface area contributed by atoms with Gasteiger partial charge in [-0.3, -0.25) is 0 Å². The van der Waals surface area contributed by atoms with Crippen molar-refractivity contribution in [3.63, 3.8) is 0 Å². The van der Waals surface area contributed by atoms with Gasteiger partial charge in [0, 0.05) is 24.5 Å². The van der Waals surface area contributed by atoms with E-state index in [1.165, 1.54) is 0 Å². The van der Waals surface area contributed by atoms with Crippen molar-refractivity contribution < 1.29 is 9.47 Å². The number of hydrogen-bond acceptors (Lipinski definition) is 5. The molecule has 0 atom stereocenters. The van der Waals surface area contributed by atoms with Crippen LogP contribution in [0.4, 0.5) is 0 Å². The molecule has 1 heterocycles. The molecule has 5 heteroatoms. The fourth-order valence-electron chi connectivity index (χ4n) is 1.59. The molecular formula is C13H15N3O2. The van der Waals surface area contributed by atoms with E-state index < -0.39 is 0 Å². The van der Waals surface area contributed by atoms with Crippen LogP contribution >= 0.6 is 0 Å². The van der Waals surface area contributed by atoms with E-state index in [9.17, 15) is 0 Å². The molecule has 0 spiro atoms. The second-order valence-corrected chi connectivity index (χ2v) is 3.69. The first kappa shape index (κ1) is 12.3. The Kier molecular flexibility index (Phi) is 3.74. The third kappa shape index (κ3) is 2.41. The van der Waals surface area contributed by atoms with Gasteiger partial charge in [0.25, 0.3) is 0 Å². The maximum Gasteiger partial charge on any atom is 0.163 e. The number of benzene rings is 1. The highest BCUT2D eigenvalue weighted by Crippen LogP contribution is 2.30. The van der Waals surface area contributed by atoms with Gasteiger partial charge >= 0.3 is 0 Å². The Labute approximate surface area is 106 Å². The number of aromatic nitrogens is 2. The Bertz CT molecular complexity index is 526. The molecule has 1 aromatic carbocycles. The van der Waals surface area contributed by atoms with Crippen molar-refractivity contribution in [2.75, 3.05) is 14.2 Å². The summed E-state index contributed by atoms with van der Waals surface area (Å²) in [7, 11) is 3.23. The van der Waals surface area contributed by atoms with Crippen molar-refractivity contribution in [2.45, 2.75) is 6.54 Å². The van der Waals surface area contributed by atoms with Crippen LogP contribution in [0.5, 0.6) is 11.5 Å². The normalized spacial score (nSPS) is 10.2. The van der Waals surface area contributed by atoms with Gasteiger partial charge in [0.15, 0.2) is 5.82 Å². The van der Waals surface area contributed by atoms with Gasteiger partial charge in [0.1, 0.15) is 11.5 Å². The highest BCUT2D eigenvalue weighted by Gasteiger charge is 2.10. The number of hydrogen-bond donors (Lipinski definition) is 1. The van der Waals surface area contributed by atoms with Crippen LogP contribution in [-0.2, 0) is 6.54 Å². The molecule has 2 rings (SSSR count). The molecule has 0 saturated carbocycles. The molecule has 94 valence electrons. The molecule has 18 heavy (non-hydrogen) atoms. The van der Waals surface area contributed by atoms with Crippen LogP contribution in [-0.4, -0.2) is 24.2 Å². The Morgan fingerprint density at radius 2 is 1.83 bits per heavy atom. The van der Waals surface area contributed by atoms with Crippen molar-refractivity contribution in [1.82, 2.24) is 9.97 Å². The molecule has 2 N–H and O–H groups in total. The fourth-order valence-corrected chi connectivity index (χ4v) is 1.59. The van der Waals surface area contributed by atoms with Gasteiger partial charge in [-0.05, 0) is 18.2 Å². The molecule has 2 aromatic rings. The summed E-state index contributed by atoms with van der Waals surface area (Å²) >= 11 is 0. The minimum Gasteiger partial charge on any atom is -0.497 e. The van der Waals surface area contributed by atoms with Crippen molar-refractivity contribution in [1.29, 1.82) is 0 Å². The lowest BCUT2D eigenvalue weighted by Gasteiger charge is -2.09. The highest BCUT2D eigenvalue weighted by molar-refractivity contribution is 5.66. The first-order chi connectivity index (χ1) is 8.78. The van der Waals surface area contributed by atoms with Crippen molar-refractivity contribution in [3.05, 3.63) is 36.2 Å².